The van der Waals surface area contributed by atoms with E-state index in [9.17, 15) is 14.7 Å². The van der Waals surface area contributed by atoms with Crippen LogP contribution in [0.4, 0.5) is 0 Å². The second-order valence-corrected chi connectivity index (χ2v) is 4.74. The number of carboxylic acid groups (broad SMARTS) is 1. The highest BCUT2D eigenvalue weighted by atomic mass is 16.4. The summed E-state index contributed by atoms with van der Waals surface area (Å²) in [6.07, 6.45) is 0.814. The second kappa shape index (κ2) is 6.33. The Hall–Kier alpha value is -1.88. The third kappa shape index (κ3) is 3.54. The number of carboxylic acids is 1. The monoisotopic (exact) mass is 262 g/mol. The van der Waals surface area contributed by atoms with Crippen LogP contribution in [0, 0.1) is 5.92 Å². The molecule has 1 aromatic rings. The number of hydrogen-bond acceptors (Lipinski definition) is 3. The highest BCUT2D eigenvalue weighted by molar-refractivity contribution is 5.81. The molecule has 5 heteroatoms. The molecule has 3 N–H and O–H groups in total. The molecule has 1 aliphatic rings. The predicted molar refractivity (Wildman–Crippen MR) is 70.8 cm³/mol. The Morgan fingerprint density at radius 3 is 2.68 bits per heavy atom. The van der Waals surface area contributed by atoms with Crippen LogP contribution in [0.3, 0.4) is 0 Å². The van der Waals surface area contributed by atoms with Gasteiger partial charge in [0.2, 0.25) is 5.91 Å². The van der Waals surface area contributed by atoms with Gasteiger partial charge >= 0.3 is 5.97 Å². The van der Waals surface area contributed by atoms with E-state index in [2.05, 4.69) is 10.6 Å². The number of carbonyl (C=O) groups excluding carboxylic acids is 1. The Balaban J connectivity index is 1.94. The molecular formula is C14H18N2O3. The maximum Gasteiger partial charge on any atom is 0.312 e. The van der Waals surface area contributed by atoms with Crippen molar-refractivity contribution in [2.75, 3.05) is 19.6 Å². The first kappa shape index (κ1) is 13.5. The van der Waals surface area contributed by atoms with Gasteiger partial charge in [0, 0.05) is 13.1 Å². The van der Waals surface area contributed by atoms with Crippen LogP contribution in [0.15, 0.2) is 30.3 Å². The molecule has 1 amide bonds. The molecule has 2 unspecified atom stereocenters. The van der Waals surface area contributed by atoms with E-state index < -0.39 is 11.9 Å². The van der Waals surface area contributed by atoms with Crippen LogP contribution in [0.5, 0.6) is 0 Å². The number of carbonyl (C=O) groups is 2. The molecule has 1 aromatic carbocycles. The number of nitrogens with one attached hydrogen (secondary N) is 2. The Morgan fingerprint density at radius 1 is 1.37 bits per heavy atom. The molecule has 102 valence electrons. The standard InChI is InChI=1S/C14H18N2O3/c17-13(11-6-7-15-8-11)16-9-12(14(18)19)10-4-2-1-3-5-10/h1-5,11-12,15H,6-9H2,(H,16,17)(H,18,19). The first-order chi connectivity index (χ1) is 9.18. The van der Waals surface area contributed by atoms with E-state index in [4.69, 9.17) is 0 Å². The van der Waals surface area contributed by atoms with Crippen molar-refractivity contribution in [3.05, 3.63) is 35.9 Å². The third-order valence-corrected chi connectivity index (χ3v) is 3.41. The van der Waals surface area contributed by atoms with Gasteiger partial charge in [-0.2, -0.15) is 0 Å². The Kier molecular flexibility index (Phi) is 4.52. The molecule has 0 aromatic heterocycles. The SMILES string of the molecule is O=C(NCC(C(=O)O)c1ccccc1)C1CCNC1. The van der Waals surface area contributed by atoms with Crippen LogP contribution in [0.2, 0.25) is 0 Å². The van der Waals surface area contributed by atoms with Crippen molar-refractivity contribution >= 4 is 11.9 Å². The molecule has 0 saturated carbocycles. The van der Waals surface area contributed by atoms with E-state index in [0.29, 0.717) is 12.1 Å². The van der Waals surface area contributed by atoms with Crippen molar-refractivity contribution in [3.63, 3.8) is 0 Å². The lowest BCUT2D eigenvalue weighted by Crippen LogP contribution is -2.36. The molecule has 1 saturated heterocycles. The Morgan fingerprint density at radius 2 is 2.11 bits per heavy atom. The van der Waals surface area contributed by atoms with Gasteiger partial charge in [-0.1, -0.05) is 30.3 Å². The molecule has 1 heterocycles. The number of benzene rings is 1. The van der Waals surface area contributed by atoms with E-state index in [0.717, 1.165) is 13.0 Å². The lowest BCUT2D eigenvalue weighted by Gasteiger charge is -2.15. The first-order valence-electron chi connectivity index (χ1n) is 6.44. The summed E-state index contributed by atoms with van der Waals surface area (Å²) in [7, 11) is 0. The minimum atomic E-state index is -0.920. The van der Waals surface area contributed by atoms with Crippen LogP contribution in [-0.2, 0) is 9.59 Å². The van der Waals surface area contributed by atoms with Crippen molar-refractivity contribution in [3.8, 4) is 0 Å². The van der Waals surface area contributed by atoms with Crippen molar-refractivity contribution in [2.45, 2.75) is 12.3 Å². The summed E-state index contributed by atoms with van der Waals surface area (Å²) in [6, 6.07) is 8.97. The van der Waals surface area contributed by atoms with Crippen LogP contribution < -0.4 is 10.6 Å². The maximum absolute atomic E-state index is 11.9. The smallest absolute Gasteiger partial charge is 0.312 e. The van der Waals surface area contributed by atoms with E-state index in [1.807, 2.05) is 6.07 Å². The van der Waals surface area contributed by atoms with Crippen molar-refractivity contribution in [1.29, 1.82) is 0 Å². The quantitative estimate of drug-likeness (QED) is 0.725. The topological polar surface area (TPSA) is 78.4 Å². The fraction of sp³-hybridized carbons (Fsp3) is 0.429. The van der Waals surface area contributed by atoms with E-state index in [-0.39, 0.29) is 18.4 Å². The van der Waals surface area contributed by atoms with Gasteiger partial charge in [0.25, 0.3) is 0 Å². The Labute approximate surface area is 112 Å². The Bertz CT molecular complexity index is 441. The van der Waals surface area contributed by atoms with Crippen LogP contribution in [0.25, 0.3) is 0 Å². The average Bonchev–Trinajstić information content (AvgIpc) is 2.93. The summed E-state index contributed by atoms with van der Waals surface area (Å²) >= 11 is 0. The van der Waals surface area contributed by atoms with Gasteiger partial charge in [-0.05, 0) is 18.5 Å². The van der Waals surface area contributed by atoms with Gasteiger partial charge in [-0.15, -0.1) is 0 Å². The normalized spacial score (nSPS) is 19.9. The summed E-state index contributed by atoms with van der Waals surface area (Å²) in [4.78, 5) is 23.1. The summed E-state index contributed by atoms with van der Waals surface area (Å²) in [5.74, 6) is -1.71. The molecular weight excluding hydrogens is 244 g/mol. The predicted octanol–water partition coefficient (Wildman–Crippen LogP) is 0.580. The summed E-state index contributed by atoms with van der Waals surface area (Å²) in [5.41, 5.74) is 0.708. The lowest BCUT2D eigenvalue weighted by molar-refractivity contribution is -0.138. The fourth-order valence-corrected chi connectivity index (χ4v) is 2.26. The van der Waals surface area contributed by atoms with Gasteiger partial charge in [0.15, 0.2) is 0 Å². The number of hydrogen-bond donors (Lipinski definition) is 3. The van der Waals surface area contributed by atoms with Crippen LogP contribution in [0.1, 0.15) is 17.9 Å². The molecule has 1 aliphatic heterocycles. The zero-order chi connectivity index (χ0) is 13.7. The number of aliphatic carboxylic acids is 1. The third-order valence-electron chi connectivity index (χ3n) is 3.41. The van der Waals surface area contributed by atoms with Crippen molar-refractivity contribution in [1.82, 2.24) is 10.6 Å². The van der Waals surface area contributed by atoms with Gasteiger partial charge in [0.05, 0.1) is 11.8 Å². The molecule has 0 bridgehead atoms. The van der Waals surface area contributed by atoms with E-state index in [1.165, 1.54) is 0 Å². The van der Waals surface area contributed by atoms with E-state index in [1.54, 1.807) is 24.3 Å². The molecule has 5 nitrogen and oxygen atoms in total. The first-order valence-corrected chi connectivity index (χ1v) is 6.44. The van der Waals surface area contributed by atoms with Crippen molar-refractivity contribution in [2.24, 2.45) is 5.92 Å². The summed E-state index contributed by atoms with van der Waals surface area (Å²) < 4.78 is 0. The molecule has 2 atom stereocenters. The minimum Gasteiger partial charge on any atom is -0.481 e. The zero-order valence-corrected chi connectivity index (χ0v) is 10.6. The van der Waals surface area contributed by atoms with Crippen LogP contribution in [-0.4, -0.2) is 36.6 Å². The molecule has 0 spiro atoms. The zero-order valence-electron chi connectivity index (χ0n) is 10.6. The van der Waals surface area contributed by atoms with Crippen molar-refractivity contribution < 1.29 is 14.7 Å². The molecule has 2 rings (SSSR count). The van der Waals surface area contributed by atoms with Gasteiger partial charge in [0.1, 0.15) is 0 Å². The molecule has 1 fully saturated rings. The number of rotatable bonds is 5. The molecule has 0 aliphatic carbocycles. The van der Waals surface area contributed by atoms with Gasteiger partial charge in [-0.25, -0.2) is 0 Å². The fourth-order valence-electron chi connectivity index (χ4n) is 2.26. The van der Waals surface area contributed by atoms with Gasteiger partial charge < -0.3 is 15.7 Å². The number of amides is 1. The highest BCUT2D eigenvalue weighted by Gasteiger charge is 2.25. The molecule has 19 heavy (non-hydrogen) atoms. The second-order valence-electron chi connectivity index (χ2n) is 4.74. The maximum atomic E-state index is 11.9. The average molecular weight is 262 g/mol. The summed E-state index contributed by atoms with van der Waals surface area (Å²) in [6.45, 7) is 1.66. The minimum absolute atomic E-state index is 0.0368. The van der Waals surface area contributed by atoms with E-state index >= 15 is 0 Å². The molecule has 0 radical (unpaired) electrons. The largest absolute Gasteiger partial charge is 0.481 e. The van der Waals surface area contributed by atoms with Crippen LogP contribution >= 0.6 is 0 Å². The summed E-state index contributed by atoms with van der Waals surface area (Å²) in [5, 5.41) is 15.1. The lowest BCUT2D eigenvalue weighted by atomic mass is 9.99. The van der Waals surface area contributed by atoms with Gasteiger partial charge in [-0.3, -0.25) is 9.59 Å². The highest BCUT2D eigenvalue weighted by Crippen LogP contribution is 2.15.